The van der Waals surface area contributed by atoms with Gasteiger partial charge in [-0.1, -0.05) is 42.8 Å². The molecule has 0 heterocycles. The molecule has 10 heteroatoms. The number of hydrogen-bond acceptors (Lipinski definition) is 6. The average Bonchev–Trinajstić information content (AvgIpc) is 2.81. The molecule has 0 aliphatic rings. The van der Waals surface area contributed by atoms with E-state index < -0.39 is 41.1 Å². The normalized spacial score (nSPS) is 13.3. The topological polar surface area (TPSA) is 108 Å². The van der Waals surface area contributed by atoms with Gasteiger partial charge in [-0.3, -0.25) is 9.59 Å². The van der Waals surface area contributed by atoms with Gasteiger partial charge < -0.3 is 25.4 Å². The fraction of sp³-hybridized carbons (Fsp3) is 0.464. The molecule has 0 aliphatic carbocycles. The number of para-hydroxylation sites is 1. The fourth-order valence-corrected chi connectivity index (χ4v) is 4.36. The Morgan fingerprint density at radius 2 is 1.74 bits per heavy atom. The van der Waals surface area contributed by atoms with Crippen LogP contribution in [-0.4, -0.2) is 50.8 Å². The van der Waals surface area contributed by atoms with Gasteiger partial charge in [-0.25, -0.2) is 4.79 Å². The summed E-state index contributed by atoms with van der Waals surface area (Å²) < 4.78 is 5.34. The minimum absolute atomic E-state index is 0.0353. The quantitative estimate of drug-likeness (QED) is 0.285. The van der Waals surface area contributed by atoms with Crippen molar-refractivity contribution in [2.75, 3.05) is 11.1 Å². The number of alkyl carbamates (subject to hydrolysis) is 1. The first-order valence-electron chi connectivity index (χ1n) is 12.4. The minimum Gasteiger partial charge on any atom is -0.508 e. The number of benzene rings is 2. The van der Waals surface area contributed by atoms with Crippen molar-refractivity contribution in [3.8, 4) is 5.75 Å². The smallest absolute Gasteiger partial charge is 0.408 e. The number of anilines is 1. The number of aryl methyl sites for hydroxylation is 1. The van der Waals surface area contributed by atoms with Crippen molar-refractivity contribution in [2.24, 2.45) is 0 Å². The minimum atomic E-state index is -1.18. The molecule has 2 atom stereocenters. The van der Waals surface area contributed by atoms with Crippen LogP contribution in [0, 0.1) is 6.92 Å². The van der Waals surface area contributed by atoms with Gasteiger partial charge in [0.25, 0.3) is 5.91 Å². The van der Waals surface area contributed by atoms with Gasteiger partial charge in [0.15, 0.2) is 0 Å². The van der Waals surface area contributed by atoms with E-state index in [2.05, 4.69) is 23.3 Å². The molecule has 0 bridgehead atoms. The van der Waals surface area contributed by atoms with Crippen LogP contribution >= 0.6 is 24.2 Å². The standard InChI is InChI=1S/C28H38ClN3O5S/c1-8-28(6,7)32(25(35)21(16-38)30-26(36)37-27(3,4)5)23(18-12-10-13-19(33)15-18)24(34)31-22-17(2)11-9-14-20(22)29/h9-15,21,23,33,38H,8,16H2,1-7H3,(H,30,36)(H,31,34). The highest BCUT2D eigenvalue weighted by Gasteiger charge is 2.43. The van der Waals surface area contributed by atoms with E-state index in [0.29, 0.717) is 22.7 Å². The molecule has 2 rings (SSSR count). The Morgan fingerprint density at radius 3 is 2.26 bits per heavy atom. The molecule has 0 aromatic heterocycles. The maximum atomic E-state index is 14.1. The predicted octanol–water partition coefficient (Wildman–Crippen LogP) is 5.87. The highest BCUT2D eigenvalue weighted by molar-refractivity contribution is 7.80. The summed E-state index contributed by atoms with van der Waals surface area (Å²) >= 11 is 10.7. The van der Waals surface area contributed by atoms with Crippen LogP contribution in [0.3, 0.4) is 0 Å². The molecule has 2 unspecified atom stereocenters. The number of nitrogens with one attached hydrogen (secondary N) is 2. The van der Waals surface area contributed by atoms with Gasteiger partial charge >= 0.3 is 6.09 Å². The number of amides is 3. The maximum Gasteiger partial charge on any atom is 0.408 e. The van der Waals surface area contributed by atoms with E-state index in [1.165, 1.54) is 17.0 Å². The number of phenolic OH excluding ortho intramolecular Hbond substituents is 1. The molecular formula is C28H38ClN3O5S. The molecule has 208 valence electrons. The number of thiol groups is 1. The summed E-state index contributed by atoms with van der Waals surface area (Å²) in [6, 6.07) is 9.15. The highest BCUT2D eigenvalue weighted by Crippen LogP contribution is 2.35. The Bertz CT molecular complexity index is 1150. The third-order valence-electron chi connectivity index (χ3n) is 6.09. The van der Waals surface area contributed by atoms with Gasteiger partial charge in [0, 0.05) is 11.3 Å². The lowest BCUT2D eigenvalue weighted by molar-refractivity contribution is -0.147. The second kappa shape index (κ2) is 12.8. The molecular weight excluding hydrogens is 526 g/mol. The highest BCUT2D eigenvalue weighted by atomic mass is 35.5. The van der Waals surface area contributed by atoms with E-state index in [-0.39, 0.29) is 11.5 Å². The zero-order valence-corrected chi connectivity index (χ0v) is 24.6. The van der Waals surface area contributed by atoms with Gasteiger partial charge in [0.05, 0.1) is 10.7 Å². The van der Waals surface area contributed by atoms with Gasteiger partial charge in [-0.15, -0.1) is 0 Å². The van der Waals surface area contributed by atoms with E-state index in [9.17, 15) is 19.5 Å². The van der Waals surface area contributed by atoms with Crippen molar-refractivity contribution in [1.29, 1.82) is 0 Å². The first kappa shape index (κ1) is 31.3. The Morgan fingerprint density at radius 1 is 1.11 bits per heavy atom. The molecule has 0 radical (unpaired) electrons. The summed E-state index contributed by atoms with van der Waals surface area (Å²) in [5.74, 6) is -1.16. The third kappa shape index (κ3) is 8.04. The number of halogens is 1. The van der Waals surface area contributed by atoms with E-state index in [1.54, 1.807) is 45.0 Å². The monoisotopic (exact) mass is 563 g/mol. The number of phenols is 1. The molecule has 2 aromatic rings. The van der Waals surface area contributed by atoms with Crippen LogP contribution in [0.2, 0.25) is 5.02 Å². The first-order chi connectivity index (χ1) is 17.6. The number of carbonyl (C=O) groups is 3. The van der Waals surface area contributed by atoms with Crippen LogP contribution in [0.1, 0.15) is 65.1 Å². The van der Waals surface area contributed by atoms with Crippen LogP contribution < -0.4 is 10.6 Å². The van der Waals surface area contributed by atoms with Gasteiger partial charge in [-0.2, -0.15) is 12.6 Å². The van der Waals surface area contributed by atoms with E-state index >= 15 is 0 Å². The van der Waals surface area contributed by atoms with Crippen molar-refractivity contribution >= 4 is 47.8 Å². The zero-order chi connectivity index (χ0) is 28.8. The third-order valence-corrected chi connectivity index (χ3v) is 6.77. The van der Waals surface area contributed by atoms with Gasteiger partial charge in [0.2, 0.25) is 5.91 Å². The molecule has 3 amide bonds. The van der Waals surface area contributed by atoms with Crippen LogP contribution in [0.5, 0.6) is 5.75 Å². The summed E-state index contributed by atoms with van der Waals surface area (Å²) in [6.45, 7) is 12.5. The number of ether oxygens (including phenoxy) is 1. The van der Waals surface area contributed by atoms with Crippen LogP contribution in [0.25, 0.3) is 0 Å². The molecule has 38 heavy (non-hydrogen) atoms. The second-order valence-corrected chi connectivity index (χ2v) is 11.4. The summed E-state index contributed by atoms with van der Waals surface area (Å²) in [4.78, 5) is 42.1. The van der Waals surface area contributed by atoms with Gasteiger partial charge in [-0.05, 0) is 77.3 Å². The Balaban J connectivity index is 2.62. The van der Waals surface area contributed by atoms with Crippen molar-refractivity contribution in [1.82, 2.24) is 10.2 Å². The lowest BCUT2D eigenvalue weighted by Crippen LogP contribution is -2.59. The SMILES string of the molecule is CCC(C)(C)N(C(=O)C(CS)NC(=O)OC(C)(C)C)C(C(=O)Nc1c(C)cccc1Cl)c1cccc(O)c1. The van der Waals surface area contributed by atoms with E-state index in [4.69, 9.17) is 16.3 Å². The summed E-state index contributed by atoms with van der Waals surface area (Å²) in [6.07, 6.45) is -0.290. The molecule has 0 fully saturated rings. The number of carbonyl (C=O) groups excluding carboxylic acids is 3. The number of hydrogen-bond donors (Lipinski definition) is 4. The van der Waals surface area contributed by atoms with Gasteiger partial charge in [0.1, 0.15) is 23.4 Å². The molecule has 3 N–H and O–H groups in total. The van der Waals surface area contributed by atoms with E-state index in [1.807, 2.05) is 33.8 Å². The van der Waals surface area contributed by atoms with Crippen LogP contribution in [0.4, 0.5) is 10.5 Å². The lowest BCUT2D eigenvalue weighted by Gasteiger charge is -2.44. The zero-order valence-electron chi connectivity index (χ0n) is 23.0. The Kier molecular flexibility index (Phi) is 10.5. The van der Waals surface area contributed by atoms with Crippen molar-refractivity contribution in [3.05, 3.63) is 58.6 Å². The summed E-state index contributed by atoms with van der Waals surface area (Å²) in [7, 11) is 0. The molecule has 0 saturated carbocycles. The van der Waals surface area contributed by atoms with E-state index in [0.717, 1.165) is 5.56 Å². The molecule has 0 spiro atoms. The summed E-state index contributed by atoms with van der Waals surface area (Å²) in [5, 5.41) is 16.1. The summed E-state index contributed by atoms with van der Waals surface area (Å²) in [5.41, 5.74) is -0.0708. The average molecular weight is 564 g/mol. The second-order valence-electron chi connectivity index (χ2n) is 10.7. The lowest BCUT2D eigenvalue weighted by atomic mass is 9.92. The fourth-order valence-electron chi connectivity index (χ4n) is 3.84. The number of aromatic hydroxyl groups is 1. The van der Waals surface area contributed by atoms with Crippen molar-refractivity contribution in [2.45, 2.75) is 78.1 Å². The Hall–Kier alpha value is -2.91. The van der Waals surface area contributed by atoms with Crippen molar-refractivity contribution in [3.63, 3.8) is 0 Å². The molecule has 0 saturated heterocycles. The van der Waals surface area contributed by atoms with Crippen molar-refractivity contribution < 1.29 is 24.2 Å². The van der Waals surface area contributed by atoms with Crippen LogP contribution in [-0.2, 0) is 14.3 Å². The van der Waals surface area contributed by atoms with Crippen LogP contribution in [0.15, 0.2) is 42.5 Å². The molecule has 2 aromatic carbocycles. The number of nitrogens with zero attached hydrogens (tertiary/aromatic N) is 1. The molecule has 8 nitrogen and oxygen atoms in total. The first-order valence-corrected chi connectivity index (χ1v) is 13.4. The molecule has 0 aliphatic heterocycles. The maximum absolute atomic E-state index is 14.1. The predicted molar refractivity (Wildman–Crippen MR) is 154 cm³/mol. The Labute approximate surface area is 235 Å². The largest absolute Gasteiger partial charge is 0.508 e. The number of rotatable bonds is 9.